The van der Waals surface area contributed by atoms with E-state index in [1.165, 1.54) is 6.26 Å². The smallest absolute Gasteiger partial charge is 0.0844 e. The predicted molar refractivity (Wildman–Crippen MR) is 27.6 cm³/mol. The number of hydrogen-bond donors (Lipinski definition) is 0. The van der Waals surface area contributed by atoms with E-state index in [0.29, 0.717) is 0 Å². The summed E-state index contributed by atoms with van der Waals surface area (Å²) >= 11 is 0. The molecule has 0 aliphatic rings. The largest absolute Gasteiger partial charge is 0.502 e. The molecule has 0 aromatic carbocycles. The summed E-state index contributed by atoms with van der Waals surface area (Å²) in [5.74, 6) is 0. The summed E-state index contributed by atoms with van der Waals surface area (Å²) in [4.78, 5) is 0. The maximum absolute atomic E-state index is 4.60. The van der Waals surface area contributed by atoms with E-state index in [1.807, 2.05) is 6.92 Å². The molecule has 1 nitrogen and oxygen atoms in total. The van der Waals surface area contributed by atoms with Gasteiger partial charge in [-0.2, -0.15) is 0 Å². The monoisotopic (exact) mass is 192 g/mol. The first-order valence-corrected chi connectivity index (χ1v) is 1.64. The van der Waals surface area contributed by atoms with Gasteiger partial charge >= 0.3 is 0 Å². The fourth-order valence-electron chi connectivity index (χ4n) is 0.118. The Hall–Kier alpha value is 0.339. The normalized spacial score (nSPS) is 5.50. The Morgan fingerprint density at radius 3 is 2.33 bits per heavy atom. The van der Waals surface area contributed by atoms with E-state index < -0.39 is 0 Å². The molecule has 0 rings (SSSR count). The summed E-state index contributed by atoms with van der Waals surface area (Å²) in [5, 5.41) is 0. The molecule has 2 heteroatoms. The van der Waals surface area contributed by atoms with Crippen molar-refractivity contribution in [3.63, 3.8) is 0 Å². The van der Waals surface area contributed by atoms with Crippen molar-refractivity contribution in [1.82, 2.24) is 0 Å². The quantitative estimate of drug-likeness (QED) is 0.462. The van der Waals surface area contributed by atoms with Crippen molar-refractivity contribution in [3.05, 3.63) is 12.8 Å². The van der Waals surface area contributed by atoms with Gasteiger partial charge in [-0.25, -0.2) is 0 Å². The van der Waals surface area contributed by atoms with Gasteiger partial charge < -0.3 is 4.74 Å². The molecule has 0 unspecified atom stereocenters. The van der Waals surface area contributed by atoms with E-state index in [-0.39, 0.29) is 23.9 Å². The fraction of sp³-hybridized carbons (Fsp3) is 0.500. The van der Waals surface area contributed by atoms with Gasteiger partial charge in [0.2, 0.25) is 0 Å². The van der Waals surface area contributed by atoms with E-state index in [9.17, 15) is 0 Å². The molecule has 6 heavy (non-hydrogen) atoms. The molecule has 0 aromatic rings. The summed E-state index contributed by atoms with van der Waals surface area (Å²) in [6, 6.07) is 0. The van der Waals surface area contributed by atoms with Crippen LogP contribution in [0.4, 0.5) is 0 Å². The van der Waals surface area contributed by atoms with E-state index in [2.05, 4.69) is 11.3 Å². The Morgan fingerprint density at radius 2 is 2.33 bits per heavy atom. The van der Waals surface area contributed by atoms with Crippen LogP contribution in [-0.2, 0) is 4.74 Å². The molecular weight excluding hydrogens is 183 g/mol. The van der Waals surface area contributed by atoms with Crippen LogP contribution in [0, 0.1) is 0 Å². The Labute approximate surface area is 55.3 Å². The molecule has 0 atom stereocenters. The van der Waals surface area contributed by atoms with Crippen LogP contribution in [-0.4, -0.2) is 30.5 Å². The van der Waals surface area contributed by atoms with Gasteiger partial charge in [-0.1, -0.05) is 6.58 Å². The minimum atomic E-state index is 0. The molecule has 0 aromatic heterocycles. The molecular formula is C4H8OSn. The zero-order valence-corrected chi connectivity index (χ0v) is 6.75. The van der Waals surface area contributed by atoms with Crippen molar-refractivity contribution in [2.75, 3.05) is 6.61 Å². The molecule has 0 spiro atoms. The first kappa shape index (κ1) is 9.60. The van der Waals surface area contributed by atoms with Crippen molar-refractivity contribution < 1.29 is 4.74 Å². The van der Waals surface area contributed by atoms with Gasteiger partial charge in [-0.15, -0.1) is 0 Å². The van der Waals surface area contributed by atoms with Crippen molar-refractivity contribution in [3.8, 4) is 0 Å². The van der Waals surface area contributed by atoms with Crippen molar-refractivity contribution >= 4 is 23.9 Å². The van der Waals surface area contributed by atoms with Crippen molar-refractivity contribution in [2.24, 2.45) is 0 Å². The van der Waals surface area contributed by atoms with Crippen LogP contribution in [0.1, 0.15) is 6.92 Å². The maximum Gasteiger partial charge on any atom is 0.0844 e. The van der Waals surface area contributed by atoms with Gasteiger partial charge in [0.05, 0.1) is 12.9 Å². The molecule has 0 N–H and O–H groups in total. The Bertz CT molecular complexity index is 28.7. The Morgan fingerprint density at radius 1 is 1.83 bits per heavy atom. The second-order valence-electron chi connectivity index (χ2n) is 0.622. The summed E-state index contributed by atoms with van der Waals surface area (Å²) < 4.78 is 4.60. The number of rotatable bonds is 2. The summed E-state index contributed by atoms with van der Waals surface area (Å²) in [5.41, 5.74) is 0. The van der Waals surface area contributed by atoms with Gasteiger partial charge in [-0.3, -0.25) is 0 Å². The molecule has 0 saturated carbocycles. The summed E-state index contributed by atoms with van der Waals surface area (Å²) in [6.45, 7) is 5.97. The molecule has 0 saturated heterocycles. The Kier molecular flexibility index (Phi) is 14.4. The van der Waals surface area contributed by atoms with E-state index in [4.69, 9.17) is 0 Å². The predicted octanol–water partition coefficient (Wildman–Crippen LogP) is 0.786. The minimum Gasteiger partial charge on any atom is -0.502 e. The van der Waals surface area contributed by atoms with Crippen LogP contribution in [0.25, 0.3) is 0 Å². The SMILES string of the molecule is C=COCC.[Sn]. The first-order valence-electron chi connectivity index (χ1n) is 1.64. The van der Waals surface area contributed by atoms with Crippen LogP contribution in [0.3, 0.4) is 0 Å². The van der Waals surface area contributed by atoms with Crippen LogP contribution in [0.2, 0.25) is 0 Å². The molecule has 0 bridgehead atoms. The maximum atomic E-state index is 4.60. The zero-order valence-electron chi connectivity index (χ0n) is 3.90. The third-order valence-corrected chi connectivity index (χ3v) is 0.285. The summed E-state index contributed by atoms with van der Waals surface area (Å²) in [6.07, 6.45) is 1.43. The average molecular weight is 191 g/mol. The minimum absolute atomic E-state index is 0. The topological polar surface area (TPSA) is 9.23 Å². The number of ether oxygens (including phenoxy) is 1. The summed E-state index contributed by atoms with van der Waals surface area (Å²) in [7, 11) is 0. The van der Waals surface area contributed by atoms with Crippen molar-refractivity contribution in [1.29, 1.82) is 0 Å². The molecule has 34 valence electrons. The second-order valence-corrected chi connectivity index (χ2v) is 0.622. The van der Waals surface area contributed by atoms with E-state index >= 15 is 0 Å². The standard InChI is InChI=1S/C4H8O.Sn/c1-3-5-4-2;/h3H,1,4H2,2H3;. The van der Waals surface area contributed by atoms with Gasteiger partial charge in [0.1, 0.15) is 0 Å². The van der Waals surface area contributed by atoms with Crippen LogP contribution in [0.5, 0.6) is 0 Å². The van der Waals surface area contributed by atoms with Crippen molar-refractivity contribution in [2.45, 2.75) is 6.92 Å². The van der Waals surface area contributed by atoms with E-state index in [0.717, 1.165) is 6.61 Å². The van der Waals surface area contributed by atoms with Crippen LogP contribution in [0.15, 0.2) is 12.8 Å². The van der Waals surface area contributed by atoms with Gasteiger partial charge in [0.25, 0.3) is 0 Å². The molecule has 0 amide bonds. The fourth-order valence-corrected chi connectivity index (χ4v) is 0.118. The third kappa shape index (κ3) is 8.84. The number of hydrogen-bond acceptors (Lipinski definition) is 1. The van der Waals surface area contributed by atoms with Gasteiger partial charge in [-0.05, 0) is 6.92 Å². The molecule has 4 radical (unpaired) electrons. The third-order valence-electron chi connectivity index (χ3n) is 0.285. The first-order chi connectivity index (χ1) is 2.41. The molecule has 0 heterocycles. The molecule has 0 aliphatic carbocycles. The van der Waals surface area contributed by atoms with Crippen LogP contribution < -0.4 is 0 Å². The van der Waals surface area contributed by atoms with Gasteiger partial charge in [0.15, 0.2) is 0 Å². The average Bonchev–Trinajstić information content (AvgIpc) is 1.41. The Balaban J connectivity index is 0. The molecule has 0 aliphatic heterocycles. The zero-order chi connectivity index (χ0) is 4.12. The van der Waals surface area contributed by atoms with Crippen LogP contribution >= 0.6 is 0 Å². The van der Waals surface area contributed by atoms with Gasteiger partial charge in [0, 0.05) is 23.9 Å². The second kappa shape index (κ2) is 9.02. The molecule has 0 fully saturated rings. The van der Waals surface area contributed by atoms with E-state index in [1.54, 1.807) is 0 Å².